The van der Waals surface area contributed by atoms with Crippen molar-refractivity contribution in [3.8, 4) is 11.5 Å². The van der Waals surface area contributed by atoms with Gasteiger partial charge in [-0.15, -0.1) is 0 Å². The molecule has 96 valence electrons. The Kier molecular flexibility index (Phi) is 3.88. The van der Waals surface area contributed by atoms with Gasteiger partial charge in [0.25, 0.3) is 0 Å². The van der Waals surface area contributed by atoms with Crippen molar-refractivity contribution in [1.82, 2.24) is 0 Å². The van der Waals surface area contributed by atoms with Gasteiger partial charge in [0.2, 0.25) is 0 Å². The van der Waals surface area contributed by atoms with Crippen LogP contribution in [0, 0.1) is 0 Å². The molecule has 0 saturated carbocycles. The van der Waals surface area contributed by atoms with Gasteiger partial charge in [-0.1, -0.05) is 30.3 Å². The molecule has 2 N–H and O–H groups in total. The SMILES string of the molecule is CCOc1ccc2ccccc2c1OP(O)(O)=S. The second-order valence-electron chi connectivity index (χ2n) is 3.63. The van der Waals surface area contributed by atoms with Crippen molar-refractivity contribution in [3.05, 3.63) is 36.4 Å². The fourth-order valence-corrected chi connectivity index (χ4v) is 2.36. The lowest BCUT2D eigenvalue weighted by atomic mass is 10.1. The first-order chi connectivity index (χ1) is 8.51. The fraction of sp³-hybridized carbons (Fsp3) is 0.167. The van der Waals surface area contributed by atoms with Crippen molar-refractivity contribution < 1.29 is 19.0 Å². The molecule has 2 aromatic rings. The van der Waals surface area contributed by atoms with E-state index in [4.69, 9.17) is 9.26 Å². The summed E-state index contributed by atoms with van der Waals surface area (Å²) in [6, 6.07) is 11.1. The first-order valence-electron chi connectivity index (χ1n) is 5.41. The van der Waals surface area contributed by atoms with Crippen LogP contribution in [-0.2, 0) is 11.8 Å². The summed E-state index contributed by atoms with van der Waals surface area (Å²) in [5.41, 5.74) is 0. The molecule has 0 aliphatic carbocycles. The Morgan fingerprint density at radius 3 is 2.56 bits per heavy atom. The Bertz CT molecular complexity index is 608. The quantitative estimate of drug-likeness (QED) is 0.845. The molecule has 0 atom stereocenters. The lowest BCUT2D eigenvalue weighted by Crippen LogP contribution is -1.97. The summed E-state index contributed by atoms with van der Waals surface area (Å²) in [5.74, 6) is 0.733. The van der Waals surface area contributed by atoms with Crippen LogP contribution in [0.4, 0.5) is 0 Å². The molecule has 0 bridgehead atoms. The van der Waals surface area contributed by atoms with Gasteiger partial charge in [0.15, 0.2) is 11.5 Å². The Morgan fingerprint density at radius 1 is 1.17 bits per heavy atom. The molecule has 0 aliphatic heterocycles. The van der Waals surface area contributed by atoms with Crippen molar-refractivity contribution in [2.24, 2.45) is 0 Å². The highest BCUT2D eigenvalue weighted by atomic mass is 32.5. The second kappa shape index (κ2) is 5.24. The van der Waals surface area contributed by atoms with Crippen molar-refractivity contribution in [2.75, 3.05) is 6.61 Å². The summed E-state index contributed by atoms with van der Waals surface area (Å²) in [4.78, 5) is 18.7. The summed E-state index contributed by atoms with van der Waals surface area (Å²) in [7, 11) is 0. The van der Waals surface area contributed by atoms with Gasteiger partial charge in [-0.05, 0) is 18.4 Å². The molecular formula is C12H13O4PS. The molecular weight excluding hydrogens is 271 g/mol. The van der Waals surface area contributed by atoms with E-state index >= 15 is 0 Å². The summed E-state index contributed by atoms with van der Waals surface area (Å²) in [6.07, 6.45) is 0. The van der Waals surface area contributed by atoms with E-state index in [1.165, 1.54) is 0 Å². The molecule has 0 unspecified atom stereocenters. The Balaban J connectivity index is 2.62. The Labute approximate surface area is 110 Å². The molecule has 0 heterocycles. The van der Waals surface area contributed by atoms with E-state index in [0.29, 0.717) is 12.4 Å². The molecule has 0 fully saturated rings. The standard InChI is InChI=1S/C12H13O4PS/c1-2-15-11-8-7-9-5-3-4-6-10(9)12(11)16-17(13,14)18/h3-8H,2H2,1H3,(H2,13,14,18). The van der Waals surface area contributed by atoms with Gasteiger partial charge in [-0.3, -0.25) is 0 Å². The molecule has 0 spiro atoms. The number of hydrogen-bond acceptors (Lipinski definition) is 3. The monoisotopic (exact) mass is 284 g/mol. The minimum Gasteiger partial charge on any atom is -0.490 e. The van der Waals surface area contributed by atoms with Crippen LogP contribution >= 0.6 is 6.72 Å². The van der Waals surface area contributed by atoms with E-state index in [2.05, 4.69) is 11.8 Å². The molecule has 0 saturated heterocycles. The zero-order valence-corrected chi connectivity index (χ0v) is 11.4. The molecule has 4 nitrogen and oxygen atoms in total. The van der Waals surface area contributed by atoms with Gasteiger partial charge in [-0.2, -0.15) is 0 Å². The second-order valence-corrected chi connectivity index (χ2v) is 6.22. The van der Waals surface area contributed by atoms with Crippen molar-refractivity contribution in [2.45, 2.75) is 6.92 Å². The summed E-state index contributed by atoms with van der Waals surface area (Å²) >= 11 is 4.52. The minimum absolute atomic E-state index is 0.281. The predicted octanol–water partition coefficient (Wildman–Crippen LogP) is 2.83. The van der Waals surface area contributed by atoms with Gasteiger partial charge in [-0.25, -0.2) is 0 Å². The lowest BCUT2D eigenvalue weighted by Gasteiger charge is -2.16. The number of rotatable bonds is 4. The third-order valence-corrected chi connectivity index (χ3v) is 3.00. The maximum absolute atomic E-state index is 9.33. The smallest absolute Gasteiger partial charge is 0.375 e. The molecule has 2 aromatic carbocycles. The van der Waals surface area contributed by atoms with Gasteiger partial charge in [0, 0.05) is 17.2 Å². The molecule has 0 amide bonds. The first kappa shape index (κ1) is 13.3. The maximum Gasteiger partial charge on any atom is 0.375 e. The molecule has 18 heavy (non-hydrogen) atoms. The van der Waals surface area contributed by atoms with Crippen LogP contribution in [0.1, 0.15) is 6.92 Å². The number of fused-ring (bicyclic) bond motifs is 1. The largest absolute Gasteiger partial charge is 0.490 e. The van der Waals surface area contributed by atoms with Crippen molar-refractivity contribution >= 4 is 29.3 Å². The first-order valence-corrected chi connectivity index (χ1v) is 8.03. The lowest BCUT2D eigenvalue weighted by molar-refractivity contribution is 0.316. The third-order valence-electron chi connectivity index (χ3n) is 2.35. The average Bonchev–Trinajstić information content (AvgIpc) is 2.31. The van der Waals surface area contributed by atoms with Crippen LogP contribution in [-0.4, -0.2) is 16.4 Å². The van der Waals surface area contributed by atoms with Crippen LogP contribution in [0.3, 0.4) is 0 Å². The van der Waals surface area contributed by atoms with E-state index in [-0.39, 0.29) is 5.75 Å². The minimum atomic E-state index is -3.79. The van der Waals surface area contributed by atoms with Gasteiger partial charge < -0.3 is 19.0 Å². The van der Waals surface area contributed by atoms with Crippen LogP contribution < -0.4 is 9.26 Å². The zero-order valence-electron chi connectivity index (χ0n) is 9.74. The van der Waals surface area contributed by atoms with E-state index in [9.17, 15) is 9.79 Å². The highest BCUT2D eigenvalue weighted by Gasteiger charge is 2.17. The van der Waals surface area contributed by atoms with Crippen molar-refractivity contribution in [1.29, 1.82) is 0 Å². The maximum atomic E-state index is 9.33. The Morgan fingerprint density at radius 2 is 1.89 bits per heavy atom. The number of ether oxygens (including phenoxy) is 1. The average molecular weight is 284 g/mol. The van der Waals surface area contributed by atoms with E-state index in [1.54, 1.807) is 6.07 Å². The van der Waals surface area contributed by atoms with Crippen LogP contribution in [0.15, 0.2) is 36.4 Å². The van der Waals surface area contributed by atoms with Crippen molar-refractivity contribution in [3.63, 3.8) is 0 Å². The van der Waals surface area contributed by atoms with Crippen LogP contribution in [0.25, 0.3) is 10.8 Å². The van der Waals surface area contributed by atoms with E-state index in [1.807, 2.05) is 37.3 Å². The fourth-order valence-electron chi connectivity index (χ4n) is 1.71. The molecule has 0 aromatic heterocycles. The summed E-state index contributed by atoms with van der Waals surface area (Å²) in [6.45, 7) is -1.50. The molecule has 0 radical (unpaired) electrons. The van der Waals surface area contributed by atoms with Gasteiger partial charge in [0.1, 0.15) is 0 Å². The van der Waals surface area contributed by atoms with Crippen LogP contribution in [0.2, 0.25) is 0 Å². The normalized spacial score (nSPS) is 11.5. The molecule has 6 heteroatoms. The summed E-state index contributed by atoms with van der Waals surface area (Å²) in [5, 5.41) is 1.65. The zero-order chi connectivity index (χ0) is 13.2. The van der Waals surface area contributed by atoms with Gasteiger partial charge in [0.05, 0.1) is 6.61 Å². The number of benzene rings is 2. The van der Waals surface area contributed by atoms with Crippen LogP contribution in [0.5, 0.6) is 11.5 Å². The number of hydrogen-bond donors (Lipinski definition) is 2. The Hall–Kier alpha value is -1.13. The summed E-state index contributed by atoms with van der Waals surface area (Å²) < 4.78 is 10.5. The van der Waals surface area contributed by atoms with E-state index < -0.39 is 6.72 Å². The molecule has 0 aliphatic rings. The highest BCUT2D eigenvalue weighted by Crippen LogP contribution is 2.45. The highest BCUT2D eigenvalue weighted by molar-refractivity contribution is 8.06. The predicted molar refractivity (Wildman–Crippen MR) is 74.5 cm³/mol. The third kappa shape index (κ3) is 3.00. The van der Waals surface area contributed by atoms with E-state index in [0.717, 1.165) is 10.8 Å². The molecule has 2 rings (SSSR count). The van der Waals surface area contributed by atoms with Gasteiger partial charge >= 0.3 is 6.72 Å². The topological polar surface area (TPSA) is 58.9 Å².